The molecule has 0 aliphatic carbocycles. The molecule has 1 aromatic heterocycles. The summed E-state index contributed by atoms with van der Waals surface area (Å²) in [7, 11) is -3.64. The number of pyridine rings is 1. The van der Waals surface area contributed by atoms with E-state index in [4.69, 9.17) is 11.6 Å². The zero-order valence-corrected chi connectivity index (χ0v) is 12.1. The molecule has 1 atom stereocenters. The molecule has 0 radical (unpaired) electrons. The van der Waals surface area contributed by atoms with Crippen LogP contribution >= 0.6 is 11.6 Å². The Balaban J connectivity index is 2.17. The first-order chi connectivity index (χ1) is 9.50. The lowest BCUT2D eigenvalue weighted by Crippen LogP contribution is -2.29. The third-order valence-electron chi connectivity index (χ3n) is 3.42. The molecule has 2 heterocycles. The smallest absolute Gasteiger partial charge is 0.243 e. The van der Waals surface area contributed by atoms with Gasteiger partial charge in [0.2, 0.25) is 10.0 Å². The van der Waals surface area contributed by atoms with Crippen LogP contribution in [-0.2, 0) is 10.0 Å². The second kappa shape index (κ2) is 4.96. The largest absolute Gasteiger partial charge is 0.392 e. The zero-order valence-electron chi connectivity index (χ0n) is 10.5. The second-order valence-corrected chi connectivity index (χ2v) is 7.06. The Morgan fingerprint density at radius 3 is 2.85 bits per heavy atom. The quantitative estimate of drug-likeness (QED) is 0.915. The normalized spacial score (nSPS) is 20.6. The summed E-state index contributed by atoms with van der Waals surface area (Å²) >= 11 is 6.05. The number of nitrogens with zero attached hydrogens (tertiary/aromatic N) is 2. The van der Waals surface area contributed by atoms with E-state index >= 15 is 0 Å². The number of hydrogen-bond donors (Lipinski definition) is 1. The highest BCUT2D eigenvalue weighted by molar-refractivity contribution is 7.89. The molecule has 20 heavy (non-hydrogen) atoms. The van der Waals surface area contributed by atoms with Crippen LogP contribution in [-0.4, -0.2) is 42.0 Å². The van der Waals surface area contributed by atoms with Gasteiger partial charge in [-0.1, -0.05) is 11.6 Å². The average molecular weight is 313 g/mol. The van der Waals surface area contributed by atoms with E-state index in [1.54, 1.807) is 18.3 Å². The Hall–Kier alpha value is -1.21. The minimum atomic E-state index is -3.64. The summed E-state index contributed by atoms with van der Waals surface area (Å²) < 4.78 is 26.6. The molecule has 0 amide bonds. The fourth-order valence-electron chi connectivity index (χ4n) is 2.40. The van der Waals surface area contributed by atoms with Crippen LogP contribution in [0.5, 0.6) is 0 Å². The standard InChI is InChI=1S/C13H13ClN2O3S/c14-11-3-4-12(10-2-1-6-15-13(10)11)20(18,19)16-7-5-9(17)8-16/h1-4,6,9,17H,5,7-8H2/t9-/m0/s1. The van der Waals surface area contributed by atoms with Crippen molar-refractivity contribution < 1.29 is 13.5 Å². The third-order valence-corrected chi connectivity index (χ3v) is 5.65. The molecule has 1 aliphatic rings. The molecule has 7 heteroatoms. The third kappa shape index (κ3) is 2.18. The summed E-state index contributed by atoms with van der Waals surface area (Å²) in [4.78, 5) is 4.31. The minimum Gasteiger partial charge on any atom is -0.392 e. The molecule has 0 spiro atoms. The van der Waals surface area contributed by atoms with Gasteiger partial charge in [-0.2, -0.15) is 4.31 Å². The van der Waals surface area contributed by atoms with Crippen LogP contribution in [0.3, 0.4) is 0 Å². The highest BCUT2D eigenvalue weighted by atomic mass is 35.5. The van der Waals surface area contributed by atoms with Gasteiger partial charge in [0, 0.05) is 24.7 Å². The number of benzene rings is 1. The number of fused-ring (bicyclic) bond motifs is 1. The van der Waals surface area contributed by atoms with Crippen LogP contribution < -0.4 is 0 Å². The van der Waals surface area contributed by atoms with E-state index in [2.05, 4.69) is 4.98 Å². The summed E-state index contributed by atoms with van der Waals surface area (Å²) in [5, 5.41) is 10.4. The second-order valence-electron chi connectivity index (χ2n) is 4.75. The van der Waals surface area contributed by atoms with Crippen molar-refractivity contribution in [2.75, 3.05) is 13.1 Å². The number of aliphatic hydroxyl groups excluding tert-OH is 1. The fraction of sp³-hybridized carbons (Fsp3) is 0.308. The van der Waals surface area contributed by atoms with E-state index in [0.717, 1.165) is 0 Å². The van der Waals surface area contributed by atoms with E-state index in [1.807, 2.05) is 0 Å². The number of aromatic nitrogens is 1. The van der Waals surface area contributed by atoms with Gasteiger partial charge in [0.25, 0.3) is 0 Å². The van der Waals surface area contributed by atoms with E-state index < -0.39 is 16.1 Å². The maximum Gasteiger partial charge on any atom is 0.243 e. The lowest BCUT2D eigenvalue weighted by molar-refractivity contribution is 0.189. The SMILES string of the molecule is O=S(=O)(c1ccc(Cl)c2ncccc12)N1CC[C@H](O)C1. The predicted octanol–water partition coefficient (Wildman–Crippen LogP) is 1.64. The molecule has 106 valence electrons. The Labute approximate surface area is 121 Å². The maximum absolute atomic E-state index is 12.6. The molecule has 5 nitrogen and oxygen atoms in total. The lowest BCUT2D eigenvalue weighted by atomic mass is 10.2. The minimum absolute atomic E-state index is 0.132. The molecule has 1 N–H and O–H groups in total. The van der Waals surface area contributed by atoms with Crippen molar-refractivity contribution in [3.8, 4) is 0 Å². The van der Waals surface area contributed by atoms with Gasteiger partial charge in [-0.15, -0.1) is 0 Å². The average Bonchev–Trinajstić information content (AvgIpc) is 2.87. The first-order valence-corrected chi connectivity index (χ1v) is 8.03. The van der Waals surface area contributed by atoms with Crippen LogP contribution in [0, 0.1) is 0 Å². The maximum atomic E-state index is 12.6. The van der Waals surface area contributed by atoms with Crippen molar-refractivity contribution in [3.05, 3.63) is 35.5 Å². The summed E-state index contributed by atoms with van der Waals surface area (Å²) in [5.74, 6) is 0. The van der Waals surface area contributed by atoms with Gasteiger partial charge in [-0.3, -0.25) is 4.98 Å². The lowest BCUT2D eigenvalue weighted by Gasteiger charge is -2.17. The topological polar surface area (TPSA) is 70.5 Å². The van der Waals surface area contributed by atoms with Crippen molar-refractivity contribution in [1.82, 2.24) is 9.29 Å². The van der Waals surface area contributed by atoms with Crippen LogP contribution in [0.1, 0.15) is 6.42 Å². The number of sulfonamides is 1. The molecular formula is C13H13ClN2O3S. The summed E-state index contributed by atoms with van der Waals surface area (Å²) in [5.41, 5.74) is 0.468. The molecule has 0 bridgehead atoms. The predicted molar refractivity (Wildman–Crippen MR) is 76.1 cm³/mol. The molecule has 0 unspecified atom stereocenters. The molecule has 1 aliphatic heterocycles. The van der Waals surface area contributed by atoms with Gasteiger partial charge in [0.15, 0.2) is 0 Å². The van der Waals surface area contributed by atoms with Crippen molar-refractivity contribution in [2.24, 2.45) is 0 Å². The monoisotopic (exact) mass is 312 g/mol. The fourth-order valence-corrected chi connectivity index (χ4v) is 4.29. The molecular weight excluding hydrogens is 300 g/mol. The highest BCUT2D eigenvalue weighted by Gasteiger charge is 2.32. The van der Waals surface area contributed by atoms with Gasteiger partial charge >= 0.3 is 0 Å². The number of hydrogen-bond acceptors (Lipinski definition) is 4. The van der Waals surface area contributed by atoms with Crippen molar-refractivity contribution >= 4 is 32.5 Å². The molecule has 0 saturated carbocycles. The molecule has 1 saturated heterocycles. The number of rotatable bonds is 2. The Kier molecular flexibility index (Phi) is 3.41. The van der Waals surface area contributed by atoms with E-state index in [1.165, 1.54) is 16.4 Å². The van der Waals surface area contributed by atoms with Gasteiger partial charge in [-0.25, -0.2) is 8.42 Å². The Bertz CT molecular complexity index is 763. The van der Waals surface area contributed by atoms with Crippen LogP contribution in [0.25, 0.3) is 10.9 Å². The van der Waals surface area contributed by atoms with Crippen LogP contribution in [0.4, 0.5) is 0 Å². The number of β-amino-alcohol motifs (C(OH)–C–C–N with tert-alkyl or cyclic N) is 1. The summed E-state index contributed by atoms with van der Waals surface area (Å²) in [6.07, 6.45) is 1.44. The van der Waals surface area contributed by atoms with Crippen LogP contribution in [0.2, 0.25) is 5.02 Å². The number of halogens is 1. The zero-order chi connectivity index (χ0) is 14.3. The van der Waals surface area contributed by atoms with Crippen molar-refractivity contribution in [1.29, 1.82) is 0 Å². The summed E-state index contributed by atoms with van der Waals surface area (Å²) in [6, 6.07) is 6.40. The van der Waals surface area contributed by atoms with Gasteiger partial charge in [0.1, 0.15) is 0 Å². The van der Waals surface area contributed by atoms with E-state index in [0.29, 0.717) is 28.9 Å². The molecule has 2 aromatic rings. The Morgan fingerprint density at radius 2 is 2.15 bits per heavy atom. The molecule has 3 rings (SSSR count). The summed E-state index contributed by atoms with van der Waals surface area (Å²) in [6.45, 7) is 0.459. The number of aliphatic hydroxyl groups is 1. The Morgan fingerprint density at radius 1 is 1.35 bits per heavy atom. The van der Waals surface area contributed by atoms with E-state index in [9.17, 15) is 13.5 Å². The van der Waals surface area contributed by atoms with Gasteiger partial charge in [-0.05, 0) is 30.7 Å². The first kappa shape index (κ1) is 13.8. The van der Waals surface area contributed by atoms with Crippen molar-refractivity contribution in [2.45, 2.75) is 17.4 Å². The van der Waals surface area contributed by atoms with E-state index in [-0.39, 0.29) is 11.4 Å². The van der Waals surface area contributed by atoms with Gasteiger partial charge < -0.3 is 5.11 Å². The van der Waals surface area contributed by atoms with Crippen LogP contribution in [0.15, 0.2) is 35.4 Å². The van der Waals surface area contributed by atoms with Crippen molar-refractivity contribution in [3.63, 3.8) is 0 Å². The van der Waals surface area contributed by atoms with Gasteiger partial charge in [0.05, 0.1) is 21.5 Å². The molecule has 1 fully saturated rings. The molecule has 1 aromatic carbocycles. The first-order valence-electron chi connectivity index (χ1n) is 6.21. The highest BCUT2D eigenvalue weighted by Crippen LogP contribution is 2.30.